The summed E-state index contributed by atoms with van der Waals surface area (Å²) < 4.78 is 9.64. The standard InChI is InChI=1S/C11H17N3O3S/c1-2-3-9-12-11(18-13-9)14-4-5-17-7-8(14)6-10(15)16/h8H,2-7H2,1H3,(H,15,16). The summed E-state index contributed by atoms with van der Waals surface area (Å²) in [6.45, 7) is 3.81. The molecular formula is C11H17N3O3S. The van der Waals surface area contributed by atoms with Crippen molar-refractivity contribution in [2.24, 2.45) is 0 Å². The molecule has 1 fully saturated rings. The molecule has 1 atom stereocenters. The lowest BCUT2D eigenvalue weighted by Crippen LogP contribution is -2.46. The lowest BCUT2D eigenvalue weighted by molar-refractivity contribution is -0.138. The molecule has 0 radical (unpaired) electrons. The smallest absolute Gasteiger partial charge is 0.305 e. The first-order valence-corrected chi connectivity index (χ1v) is 6.86. The van der Waals surface area contributed by atoms with Crippen molar-refractivity contribution >= 4 is 22.6 Å². The molecule has 100 valence electrons. The second-order valence-electron chi connectivity index (χ2n) is 4.26. The van der Waals surface area contributed by atoms with Gasteiger partial charge in [0.1, 0.15) is 5.82 Å². The third-order valence-corrected chi connectivity index (χ3v) is 3.61. The topological polar surface area (TPSA) is 75.6 Å². The van der Waals surface area contributed by atoms with Crippen LogP contribution in [0.25, 0.3) is 0 Å². The van der Waals surface area contributed by atoms with Gasteiger partial charge >= 0.3 is 5.97 Å². The van der Waals surface area contributed by atoms with Gasteiger partial charge in [0.2, 0.25) is 5.13 Å². The number of carbonyl (C=O) groups is 1. The number of anilines is 1. The molecule has 7 heteroatoms. The fraction of sp³-hybridized carbons (Fsp3) is 0.727. The maximum absolute atomic E-state index is 10.8. The fourth-order valence-corrected chi connectivity index (χ4v) is 2.77. The molecule has 0 saturated carbocycles. The van der Waals surface area contributed by atoms with Gasteiger partial charge in [-0.2, -0.15) is 4.37 Å². The molecular weight excluding hydrogens is 254 g/mol. The summed E-state index contributed by atoms with van der Waals surface area (Å²) in [5, 5.41) is 9.72. The number of carboxylic acid groups (broad SMARTS) is 1. The lowest BCUT2D eigenvalue weighted by atomic mass is 10.2. The summed E-state index contributed by atoms with van der Waals surface area (Å²) in [4.78, 5) is 17.3. The number of hydrogen-bond donors (Lipinski definition) is 1. The molecule has 0 amide bonds. The number of hydrogen-bond acceptors (Lipinski definition) is 6. The number of aryl methyl sites for hydroxylation is 1. The van der Waals surface area contributed by atoms with E-state index in [1.54, 1.807) is 0 Å². The molecule has 6 nitrogen and oxygen atoms in total. The van der Waals surface area contributed by atoms with Gasteiger partial charge in [-0.25, -0.2) is 4.98 Å². The van der Waals surface area contributed by atoms with E-state index in [0.29, 0.717) is 19.8 Å². The Kier molecular flexibility index (Phi) is 4.48. The zero-order valence-corrected chi connectivity index (χ0v) is 11.2. The van der Waals surface area contributed by atoms with Crippen molar-refractivity contribution in [1.82, 2.24) is 9.36 Å². The maximum atomic E-state index is 10.8. The Balaban J connectivity index is 2.09. The van der Waals surface area contributed by atoms with Gasteiger partial charge in [-0.05, 0) is 6.42 Å². The van der Waals surface area contributed by atoms with E-state index in [9.17, 15) is 4.79 Å². The summed E-state index contributed by atoms with van der Waals surface area (Å²) in [5.74, 6) is 0.0341. The van der Waals surface area contributed by atoms with Gasteiger partial charge in [0.05, 0.1) is 25.7 Å². The van der Waals surface area contributed by atoms with Crippen LogP contribution >= 0.6 is 11.5 Å². The van der Waals surface area contributed by atoms with Crippen molar-refractivity contribution in [1.29, 1.82) is 0 Å². The molecule has 0 bridgehead atoms. The predicted molar refractivity (Wildman–Crippen MR) is 68.1 cm³/mol. The van der Waals surface area contributed by atoms with Crippen molar-refractivity contribution in [3.63, 3.8) is 0 Å². The summed E-state index contributed by atoms with van der Waals surface area (Å²) >= 11 is 1.34. The molecule has 1 aromatic rings. The highest BCUT2D eigenvalue weighted by atomic mass is 32.1. The first-order chi connectivity index (χ1) is 8.70. The highest BCUT2D eigenvalue weighted by Crippen LogP contribution is 2.23. The Morgan fingerprint density at radius 2 is 2.50 bits per heavy atom. The Labute approximate surface area is 110 Å². The van der Waals surface area contributed by atoms with Crippen LogP contribution in [0, 0.1) is 0 Å². The number of ether oxygens (including phenoxy) is 1. The van der Waals surface area contributed by atoms with Crippen molar-refractivity contribution in [2.45, 2.75) is 32.2 Å². The third-order valence-electron chi connectivity index (χ3n) is 2.81. The number of carboxylic acids is 1. The Bertz CT molecular complexity index is 410. The molecule has 0 aromatic carbocycles. The quantitative estimate of drug-likeness (QED) is 0.866. The average molecular weight is 271 g/mol. The molecule has 1 unspecified atom stereocenters. The second-order valence-corrected chi connectivity index (χ2v) is 4.99. The highest BCUT2D eigenvalue weighted by Gasteiger charge is 2.27. The van der Waals surface area contributed by atoms with Gasteiger partial charge in [-0.15, -0.1) is 0 Å². The van der Waals surface area contributed by atoms with Crippen LogP contribution in [-0.2, 0) is 16.0 Å². The van der Waals surface area contributed by atoms with Gasteiger partial charge in [-0.1, -0.05) is 6.92 Å². The summed E-state index contributed by atoms with van der Waals surface area (Å²) in [6.07, 6.45) is 1.95. The second kappa shape index (κ2) is 6.10. The van der Waals surface area contributed by atoms with Crippen LogP contribution in [0.2, 0.25) is 0 Å². The Morgan fingerprint density at radius 1 is 1.67 bits per heavy atom. The minimum Gasteiger partial charge on any atom is -0.481 e. The largest absolute Gasteiger partial charge is 0.481 e. The average Bonchev–Trinajstić information content (AvgIpc) is 2.78. The molecule has 2 rings (SSSR count). The maximum Gasteiger partial charge on any atom is 0.305 e. The first kappa shape index (κ1) is 13.2. The van der Waals surface area contributed by atoms with Crippen LogP contribution in [0.5, 0.6) is 0 Å². The number of aromatic nitrogens is 2. The van der Waals surface area contributed by atoms with E-state index in [1.807, 2.05) is 4.90 Å². The summed E-state index contributed by atoms with van der Waals surface area (Å²) in [6, 6.07) is -0.140. The number of rotatable bonds is 5. The van der Waals surface area contributed by atoms with E-state index in [4.69, 9.17) is 9.84 Å². The van der Waals surface area contributed by atoms with Crippen LogP contribution in [0.3, 0.4) is 0 Å². The minimum absolute atomic E-state index is 0.0721. The number of nitrogens with zero attached hydrogens (tertiary/aromatic N) is 3. The predicted octanol–water partition coefficient (Wildman–Crippen LogP) is 1.17. The molecule has 1 N–H and O–H groups in total. The molecule has 2 heterocycles. The van der Waals surface area contributed by atoms with Gasteiger partial charge in [0.15, 0.2) is 0 Å². The van der Waals surface area contributed by atoms with E-state index >= 15 is 0 Å². The van der Waals surface area contributed by atoms with Gasteiger partial charge in [0, 0.05) is 24.5 Å². The van der Waals surface area contributed by atoms with Crippen LogP contribution in [0.15, 0.2) is 0 Å². The van der Waals surface area contributed by atoms with Crippen molar-refractivity contribution in [2.75, 3.05) is 24.7 Å². The van der Waals surface area contributed by atoms with Crippen molar-refractivity contribution in [3.8, 4) is 0 Å². The van der Waals surface area contributed by atoms with Crippen LogP contribution in [0.4, 0.5) is 5.13 Å². The van der Waals surface area contributed by atoms with Crippen LogP contribution < -0.4 is 4.90 Å². The monoisotopic (exact) mass is 271 g/mol. The molecule has 0 aliphatic carbocycles. The zero-order chi connectivity index (χ0) is 13.0. The van der Waals surface area contributed by atoms with Crippen molar-refractivity contribution in [3.05, 3.63) is 5.82 Å². The molecule has 1 aliphatic rings. The van der Waals surface area contributed by atoms with Crippen LogP contribution in [-0.4, -0.2) is 46.2 Å². The fourth-order valence-electron chi connectivity index (χ4n) is 1.96. The number of morpholine rings is 1. The summed E-state index contributed by atoms with van der Waals surface area (Å²) in [7, 11) is 0. The highest BCUT2D eigenvalue weighted by molar-refractivity contribution is 7.09. The SMILES string of the molecule is CCCc1nsc(N2CCOCC2CC(=O)O)n1. The van der Waals surface area contributed by atoms with Gasteiger partial charge in [-0.3, -0.25) is 4.79 Å². The Hall–Kier alpha value is -1.21. The Morgan fingerprint density at radius 3 is 3.22 bits per heavy atom. The molecule has 1 aromatic heterocycles. The molecule has 1 saturated heterocycles. The number of aliphatic carboxylic acids is 1. The molecule has 0 spiro atoms. The van der Waals surface area contributed by atoms with Gasteiger partial charge in [0.25, 0.3) is 0 Å². The van der Waals surface area contributed by atoms with Crippen molar-refractivity contribution < 1.29 is 14.6 Å². The van der Waals surface area contributed by atoms with Crippen LogP contribution in [0.1, 0.15) is 25.6 Å². The van der Waals surface area contributed by atoms with E-state index in [1.165, 1.54) is 11.5 Å². The third kappa shape index (κ3) is 3.17. The van der Waals surface area contributed by atoms with E-state index in [2.05, 4.69) is 16.3 Å². The summed E-state index contributed by atoms with van der Waals surface area (Å²) in [5.41, 5.74) is 0. The first-order valence-electron chi connectivity index (χ1n) is 6.09. The van der Waals surface area contributed by atoms with Gasteiger partial charge < -0.3 is 14.7 Å². The lowest BCUT2D eigenvalue weighted by Gasteiger charge is -2.34. The molecule has 18 heavy (non-hydrogen) atoms. The van der Waals surface area contributed by atoms with E-state index in [0.717, 1.165) is 23.8 Å². The van der Waals surface area contributed by atoms with E-state index < -0.39 is 5.97 Å². The zero-order valence-electron chi connectivity index (χ0n) is 10.3. The normalized spacial score (nSPS) is 20.1. The van der Waals surface area contributed by atoms with E-state index in [-0.39, 0.29) is 12.5 Å². The molecule has 1 aliphatic heterocycles. The minimum atomic E-state index is -0.811.